The first kappa shape index (κ1) is 16.8. The van der Waals surface area contributed by atoms with E-state index >= 15 is 0 Å². The van der Waals surface area contributed by atoms with Crippen LogP contribution in [0.5, 0.6) is 0 Å². The van der Waals surface area contributed by atoms with E-state index in [1.807, 2.05) is 11.8 Å². The number of anilines is 1. The zero-order valence-electron chi connectivity index (χ0n) is 12.4. The van der Waals surface area contributed by atoms with Gasteiger partial charge in [-0.1, -0.05) is 17.7 Å². The molecule has 0 saturated carbocycles. The van der Waals surface area contributed by atoms with Crippen LogP contribution in [0, 0.1) is 12.7 Å². The molecule has 22 heavy (non-hydrogen) atoms. The monoisotopic (exact) mass is 334 g/mol. The van der Waals surface area contributed by atoms with Crippen LogP contribution < -0.4 is 10.6 Å². The fourth-order valence-electron chi connectivity index (χ4n) is 1.81. The molecule has 0 amide bonds. The van der Waals surface area contributed by atoms with Crippen molar-refractivity contribution in [2.24, 2.45) is 0 Å². The van der Waals surface area contributed by atoms with E-state index in [4.69, 9.17) is 12.2 Å². The van der Waals surface area contributed by atoms with Crippen LogP contribution >= 0.6 is 24.0 Å². The molecule has 2 rings (SSSR count). The highest BCUT2D eigenvalue weighted by atomic mass is 32.2. The van der Waals surface area contributed by atoms with Gasteiger partial charge in [-0.25, -0.2) is 4.39 Å². The molecule has 2 N–H and O–H groups in total. The normalized spacial score (nSPS) is 10.3. The van der Waals surface area contributed by atoms with Gasteiger partial charge in [-0.05, 0) is 67.7 Å². The Morgan fingerprint density at radius 3 is 2.45 bits per heavy atom. The molecular formula is C17H19FN2S2. The summed E-state index contributed by atoms with van der Waals surface area (Å²) in [5.74, 6) is 0.785. The second-order valence-electron chi connectivity index (χ2n) is 4.90. The van der Waals surface area contributed by atoms with Crippen LogP contribution in [0.4, 0.5) is 10.1 Å². The molecule has 116 valence electrons. The second-order valence-corrected chi connectivity index (χ2v) is 6.48. The minimum absolute atomic E-state index is 0.252. The van der Waals surface area contributed by atoms with Crippen molar-refractivity contribution in [2.45, 2.75) is 18.2 Å². The Morgan fingerprint density at radius 2 is 1.77 bits per heavy atom. The number of nitrogens with one attached hydrogen (secondary N) is 2. The largest absolute Gasteiger partial charge is 0.362 e. The van der Waals surface area contributed by atoms with Crippen molar-refractivity contribution in [3.05, 3.63) is 59.9 Å². The van der Waals surface area contributed by atoms with Gasteiger partial charge in [-0.2, -0.15) is 0 Å². The molecule has 0 fully saturated rings. The van der Waals surface area contributed by atoms with Gasteiger partial charge in [0.2, 0.25) is 0 Å². The highest BCUT2D eigenvalue weighted by Gasteiger charge is 1.98. The lowest BCUT2D eigenvalue weighted by molar-refractivity contribution is 0.628. The Labute approximate surface area is 140 Å². The quantitative estimate of drug-likeness (QED) is 0.458. The van der Waals surface area contributed by atoms with E-state index in [1.54, 1.807) is 12.1 Å². The number of halogens is 1. The summed E-state index contributed by atoms with van der Waals surface area (Å²) in [6.45, 7) is 2.90. The number of aryl methyl sites for hydroxylation is 1. The predicted molar refractivity (Wildman–Crippen MR) is 97.1 cm³/mol. The molecule has 5 heteroatoms. The topological polar surface area (TPSA) is 24.1 Å². The summed E-state index contributed by atoms with van der Waals surface area (Å²) in [5, 5.41) is 6.75. The Kier molecular flexibility index (Phi) is 6.68. The number of rotatable bonds is 6. The number of thiocarbonyl (C=S) groups is 1. The lowest BCUT2D eigenvalue weighted by Crippen LogP contribution is -2.29. The van der Waals surface area contributed by atoms with Gasteiger partial charge in [-0.15, -0.1) is 11.8 Å². The summed E-state index contributed by atoms with van der Waals surface area (Å²) in [7, 11) is 0. The minimum atomic E-state index is -0.252. The number of thioether (sulfide) groups is 1. The molecule has 2 aromatic carbocycles. The number of hydrogen-bond donors (Lipinski definition) is 2. The van der Waals surface area contributed by atoms with Gasteiger partial charge < -0.3 is 10.6 Å². The lowest BCUT2D eigenvalue weighted by atomic mass is 10.2. The molecule has 0 aliphatic heterocycles. The smallest absolute Gasteiger partial charge is 0.170 e. The maximum Gasteiger partial charge on any atom is 0.170 e. The van der Waals surface area contributed by atoms with Crippen LogP contribution in [-0.4, -0.2) is 17.4 Å². The molecule has 0 aliphatic carbocycles. The average molecular weight is 334 g/mol. The standard InChI is InChI=1S/C17H19FN2S2/c1-13-3-9-16(10-4-13)22-12-2-11-19-17(21)20-15-7-5-14(18)6-8-15/h3-10H,2,11-12H2,1H3,(H2,19,20,21). The SMILES string of the molecule is Cc1ccc(SCCCNC(=S)Nc2ccc(F)cc2)cc1. The van der Waals surface area contributed by atoms with Gasteiger partial charge in [0.25, 0.3) is 0 Å². The van der Waals surface area contributed by atoms with E-state index in [0.29, 0.717) is 5.11 Å². The zero-order chi connectivity index (χ0) is 15.8. The molecule has 0 atom stereocenters. The third-order valence-corrected chi connectivity index (χ3v) is 4.34. The third-order valence-electron chi connectivity index (χ3n) is 3.00. The van der Waals surface area contributed by atoms with E-state index < -0.39 is 0 Å². The maximum atomic E-state index is 12.8. The van der Waals surface area contributed by atoms with Gasteiger partial charge in [-0.3, -0.25) is 0 Å². The van der Waals surface area contributed by atoms with E-state index in [1.165, 1.54) is 22.6 Å². The molecule has 0 heterocycles. The Bertz CT molecular complexity index is 597. The minimum Gasteiger partial charge on any atom is -0.362 e. The second kappa shape index (κ2) is 8.76. The van der Waals surface area contributed by atoms with Crippen LogP contribution in [0.3, 0.4) is 0 Å². The molecule has 0 unspecified atom stereocenters. The van der Waals surface area contributed by atoms with E-state index in [9.17, 15) is 4.39 Å². The molecule has 0 spiro atoms. The summed E-state index contributed by atoms with van der Waals surface area (Å²) in [6, 6.07) is 14.7. The summed E-state index contributed by atoms with van der Waals surface area (Å²) in [4.78, 5) is 1.29. The van der Waals surface area contributed by atoms with Crippen LogP contribution in [-0.2, 0) is 0 Å². The first-order valence-corrected chi connectivity index (χ1v) is 8.53. The molecule has 0 aromatic heterocycles. The maximum absolute atomic E-state index is 12.8. The van der Waals surface area contributed by atoms with Gasteiger partial charge in [0.15, 0.2) is 5.11 Å². The molecule has 2 aromatic rings. The van der Waals surface area contributed by atoms with Gasteiger partial charge in [0.05, 0.1) is 0 Å². The highest BCUT2D eigenvalue weighted by Crippen LogP contribution is 2.18. The summed E-state index contributed by atoms with van der Waals surface area (Å²) >= 11 is 7.04. The predicted octanol–water partition coefficient (Wildman–Crippen LogP) is 4.60. The van der Waals surface area contributed by atoms with Crippen molar-refractivity contribution in [3.8, 4) is 0 Å². The number of benzene rings is 2. The summed E-state index contributed by atoms with van der Waals surface area (Å²) < 4.78 is 12.8. The van der Waals surface area contributed by atoms with Gasteiger partial charge >= 0.3 is 0 Å². The van der Waals surface area contributed by atoms with Gasteiger partial charge in [0.1, 0.15) is 5.82 Å². The van der Waals surface area contributed by atoms with E-state index in [0.717, 1.165) is 24.4 Å². The van der Waals surface area contributed by atoms with Crippen molar-refractivity contribution in [3.63, 3.8) is 0 Å². The van der Waals surface area contributed by atoms with Crippen molar-refractivity contribution in [1.82, 2.24) is 5.32 Å². The number of hydrogen-bond acceptors (Lipinski definition) is 2. The Hall–Kier alpha value is -1.59. The van der Waals surface area contributed by atoms with Crippen LogP contribution in [0.15, 0.2) is 53.4 Å². The molecule has 0 saturated heterocycles. The summed E-state index contributed by atoms with van der Waals surface area (Å²) in [5.41, 5.74) is 2.07. The van der Waals surface area contributed by atoms with Crippen LogP contribution in [0.2, 0.25) is 0 Å². The van der Waals surface area contributed by atoms with Crippen molar-refractivity contribution in [2.75, 3.05) is 17.6 Å². The highest BCUT2D eigenvalue weighted by molar-refractivity contribution is 7.99. The molecule has 0 radical (unpaired) electrons. The van der Waals surface area contributed by atoms with Crippen molar-refractivity contribution in [1.29, 1.82) is 0 Å². The van der Waals surface area contributed by atoms with Crippen molar-refractivity contribution >= 4 is 34.8 Å². The summed E-state index contributed by atoms with van der Waals surface area (Å²) in [6.07, 6.45) is 1.02. The first-order chi connectivity index (χ1) is 10.6. The Morgan fingerprint density at radius 1 is 1.09 bits per heavy atom. The molecule has 0 bridgehead atoms. The van der Waals surface area contributed by atoms with E-state index in [-0.39, 0.29) is 5.82 Å². The molecular weight excluding hydrogens is 315 g/mol. The van der Waals surface area contributed by atoms with Crippen LogP contribution in [0.1, 0.15) is 12.0 Å². The third kappa shape index (κ3) is 6.03. The average Bonchev–Trinajstić information content (AvgIpc) is 2.51. The van der Waals surface area contributed by atoms with E-state index in [2.05, 4.69) is 41.8 Å². The fraction of sp³-hybridized carbons (Fsp3) is 0.235. The fourth-order valence-corrected chi connectivity index (χ4v) is 2.88. The lowest BCUT2D eigenvalue weighted by Gasteiger charge is -2.10. The zero-order valence-corrected chi connectivity index (χ0v) is 14.1. The van der Waals surface area contributed by atoms with Crippen LogP contribution in [0.25, 0.3) is 0 Å². The van der Waals surface area contributed by atoms with Gasteiger partial charge in [0, 0.05) is 17.1 Å². The molecule has 2 nitrogen and oxygen atoms in total. The molecule has 0 aliphatic rings. The Balaban J connectivity index is 1.61. The first-order valence-electron chi connectivity index (χ1n) is 7.13. The van der Waals surface area contributed by atoms with Crippen molar-refractivity contribution < 1.29 is 4.39 Å².